The molecule has 1 aliphatic rings. The maximum absolute atomic E-state index is 12.7. The molecule has 1 fully saturated rings. The summed E-state index contributed by atoms with van der Waals surface area (Å²) in [7, 11) is 1.48. The van der Waals surface area contributed by atoms with Crippen LogP contribution < -0.4 is 20.8 Å². The molecule has 1 saturated carbocycles. The van der Waals surface area contributed by atoms with Crippen LogP contribution in [0.4, 0.5) is 5.69 Å². The van der Waals surface area contributed by atoms with Crippen LogP contribution >= 0.6 is 0 Å². The van der Waals surface area contributed by atoms with Crippen LogP contribution in [0.3, 0.4) is 0 Å². The van der Waals surface area contributed by atoms with Gasteiger partial charge >= 0.3 is 11.8 Å². The topological polar surface area (TPSA) is 129 Å². The van der Waals surface area contributed by atoms with Crippen molar-refractivity contribution in [1.82, 2.24) is 10.7 Å². The largest absolute Gasteiger partial charge is 0.507 e. The monoisotopic (exact) mass is 438 g/mol. The van der Waals surface area contributed by atoms with Gasteiger partial charge in [0.05, 0.1) is 24.6 Å². The zero-order chi connectivity index (χ0) is 22.9. The van der Waals surface area contributed by atoms with E-state index < -0.39 is 11.8 Å². The molecule has 0 atom stereocenters. The van der Waals surface area contributed by atoms with E-state index in [-0.39, 0.29) is 28.9 Å². The van der Waals surface area contributed by atoms with Crippen LogP contribution in [-0.2, 0) is 9.59 Å². The average molecular weight is 438 g/mol. The molecular formula is C23H26N4O5. The number of aromatic hydroxyl groups is 1. The van der Waals surface area contributed by atoms with E-state index in [4.69, 9.17) is 4.74 Å². The Morgan fingerprint density at radius 3 is 2.56 bits per heavy atom. The second-order valence-corrected chi connectivity index (χ2v) is 7.43. The third-order valence-electron chi connectivity index (χ3n) is 5.17. The van der Waals surface area contributed by atoms with E-state index in [1.165, 1.54) is 31.9 Å². The van der Waals surface area contributed by atoms with E-state index in [1.807, 2.05) is 0 Å². The van der Waals surface area contributed by atoms with Gasteiger partial charge in [-0.1, -0.05) is 31.4 Å². The summed E-state index contributed by atoms with van der Waals surface area (Å²) in [5, 5.41) is 19.0. The first-order valence-electron chi connectivity index (χ1n) is 10.4. The van der Waals surface area contributed by atoms with E-state index in [2.05, 4.69) is 21.2 Å². The molecule has 0 spiro atoms. The van der Waals surface area contributed by atoms with Crippen molar-refractivity contribution in [3.05, 3.63) is 53.6 Å². The number of carbonyl (C=O) groups excluding carboxylic acids is 3. The fourth-order valence-electron chi connectivity index (χ4n) is 3.45. The van der Waals surface area contributed by atoms with E-state index in [0.29, 0.717) is 11.3 Å². The first-order chi connectivity index (χ1) is 15.5. The highest BCUT2D eigenvalue weighted by atomic mass is 16.5. The number of hydrogen-bond acceptors (Lipinski definition) is 6. The number of phenolic OH excluding ortho intramolecular Hbond substituents is 1. The average Bonchev–Trinajstić information content (AvgIpc) is 2.81. The molecule has 9 heteroatoms. The summed E-state index contributed by atoms with van der Waals surface area (Å²) in [6.45, 7) is 0. The molecular weight excluding hydrogens is 412 g/mol. The highest BCUT2D eigenvalue weighted by molar-refractivity contribution is 6.40. The van der Waals surface area contributed by atoms with Gasteiger partial charge in [0.25, 0.3) is 5.91 Å². The summed E-state index contributed by atoms with van der Waals surface area (Å²) in [6.07, 6.45) is 6.39. The predicted octanol–water partition coefficient (Wildman–Crippen LogP) is 2.55. The zero-order valence-electron chi connectivity index (χ0n) is 17.8. The van der Waals surface area contributed by atoms with Crippen LogP contribution in [0, 0.1) is 0 Å². The lowest BCUT2D eigenvalue weighted by atomic mass is 9.95. The lowest BCUT2D eigenvalue weighted by molar-refractivity contribution is -0.136. The van der Waals surface area contributed by atoms with Crippen LogP contribution in [0.5, 0.6) is 11.5 Å². The van der Waals surface area contributed by atoms with Crippen LogP contribution in [0.25, 0.3) is 0 Å². The van der Waals surface area contributed by atoms with Gasteiger partial charge in [-0.05, 0) is 43.2 Å². The van der Waals surface area contributed by atoms with Gasteiger partial charge in [0.15, 0.2) is 0 Å². The summed E-state index contributed by atoms with van der Waals surface area (Å²) in [6, 6.07) is 11.1. The Bertz CT molecular complexity index is 1020. The van der Waals surface area contributed by atoms with Gasteiger partial charge < -0.3 is 20.5 Å². The van der Waals surface area contributed by atoms with Crippen molar-refractivity contribution in [3.8, 4) is 11.5 Å². The quantitative estimate of drug-likeness (QED) is 0.313. The molecule has 3 amide bonds. The number of benzene rings is 2. The smallest absolute Gasteiger partial charge is 0.329 e. The SMILES string of the molecule is COc1ccc(O)c(/C=N/NC(=O)C(=O)Nc2ccccc2C(=O)NC2CCCCC2)c1. The van der Waals surface area contributed by atoms with Crippen molar-refractivity contribution < 1.29 is 24.2 Å². The molecule has 0 radical (unpaired) electrons. The predicted molar refractivity (Wildman–Crippen MR) is 120 cm³/mol. The molecule has 9 nitrogen and oxygen atoms in total. The number of nitrogens with one attached hydrogen (secondary N) is 3. The number of carbonyl (C=O) groups is 3. The Morgan fingerprint density at radius 1 is 1.06 bits per heavy atom. The minimum absolute atomic E-state index is 0.0637. The number of methoxy groups -OCH3 is 1. The molecule has 0 aromatic heterocycles. The van der Waals surface area contributed by atoms with Crippen LogP contribution in [0.1, 0.15) is 48.0 Å². The van der Waals surface area contributed by atoms with E-state index in [9.17, 15) is 19.5 Å². The third-order valence-corrected chi connectivity index (χ3v) is 5.17. The number of phenols is 1. The maximum atomic E-state index is 12.7. The number of amides is 3. The molecule has 168 valence electrons. The van der Waals surface area contributed by atoms with Crippen LogP contribution in [0.2, 0.25) is 0 Å². The number of ether oxygens (including phenoxy) is 1. The number of rotatable bonds is 6. The Kier molecular flexibility index (Phi) is 7.80. The van der Waals surface area contributed by atoms with E-state index >= 15 is 0 Å². The standard InChI is InChI=1S/C23H26N4O5/c1-32-17-11-12-20(28)15(13-17)14-24-27-23(31)22(30)26-19-10-6-5-9-18(19)21(29)25-16-7-3-2-4-8-16/h5-6,9-14,16,28H,2-4,7-8H2,1H3,(H,25,29)(H,26,30)(H,27,31)/b24-14+. The van der Waals surface area contributed by atoms with Crippen molar-refractivity contribution in [1.29, 1.82) is 0 Å². The van der Waals surface area contributed by atoms with Gasteiger partial charge in [0.2, 0.25) is 0 Å². The molecule has 0 heterocycles. The second-order valence-electron chi connectivity index (χ2n) is 7.43. The summed E-state index contributed by atoms with van der Waals surface area (Å²) in [5.41, 5.74) is 2.91. The molecule has 1 aliphatic carbocycles. The Balaban J connectivity index is 1.60. The van der Waals surface area contributed by atoms with Gasteiger partial charge in [-0.3, -0.25) is 14.4 Å². The molecule has 0 unspecified atom stereocenters. The number of para-hydroxylation sites is 1. The molecule has 0 bridgehead atoms. The van der Waals surface area contributed by atoms with Gasteiger partial charge in [-0.2, -0.15) is 5.10 Å². The molecule has 32 heavy (non-hydrogen) atoms. The molecule has 2 aromatic rings. The van der Waals surface area contributed by atoms with Gasteiger partial charge in [-0.15, -0.1) is 0 Å². The highest BCUT2D eigenvalue weighted by Crippen LogP contribution is 2.21. The first-order valence-corrected chi connectivity index (χ1v) is 10.4. The Labute approximate surface area is 185 Å². The minimum atomic E-state index is -1.02. The van der Waals surface area contributed by atoms with Crippen LogP contribution in [0.15, 0.2) is 47.6 Å². The van der Waals surface area contributed by atoms with Crippen molar-refractivity contribution in [2.45, 2.75) is 38.1 Å². The summed E-state index contributed by atoms with van der Waals surface area (Å²) in [5.74, 6) is -1.86. The van der Waals surface area contributed by atoms with Crippen molar-refractivity contribution in [3.63, 3.8) is 0 Å². The lowest BCUT2D eigenvalue weighted by Gasteiger charge is -2.23. The fraction of sp³-hybridized carbons (Fsp3) is 0.304. The van der Waals surface area contributed by atoms with Crippen LogP contribution in [-0.4, -0.2) is 42.2 Å². The molecule has 2 aromatic carbocycles. The maximum Gasteiger partial charge on any atom is 0.329 e. The van der Waals surface area contributed by atoms with Crippen molar-refractivity contribution in [2.75, 3.05) is 12.4 Å². The Hall–Kier alpha value is -3.88. The molecule has 3 rings (SSSR count). The van der Waals surface area contributed by atoms with Gasteiger partial charge in [-0.25, -0.2) is 5.43 Å². The minimum Gasteiger partial charge on any atom is -0.507 e. The third kappa shape index (κ3) is 6.07. The number of anilines is 1. The van der Waals surface area contributed by atoms with E-state index in [1.54, 1.807) is 30.3 Å². The molecule has 4 N–H and O–H groups in total. The Morgan fingerprint density at radius 2 is 1.81 bits per heavy atom. The molecule has 0 aliphatic heterocycles. The summed E-state index contributed by atoms with van der Waals surface area (Å²) < 4.78 is 5.06. The highest BCUT2D eigenvalue weighted by Gasteiger charge is 2.20. The normalized spacial score (nSPS) is 14.0. The summed E-state index contributed by atoms with van der Waals surface area (Å²) in [4.78, 5) is 37.1. The fourth-order valence-corrected chi connectivity index (χ4v) is 3.45. The van der Waals surface area contributed by atoms with Crippen molar-refractivity contribution >= 4 is 29.6 Å². The molecule has 0 saturated heterocycles. The number of nitrogens with zero attached hydrogens (tertiary/aromatic N) is 1. The van der Waals surface area contributed by atoms with Gasteiger partial charge in [0.1, 0.15) is 11.5 Å². The summed E-state index contributed by atoms with van der Waals surface area (Å²) >= 11 is 0. The number of hydrogen-bond donors (Lipinski definition) is 4. The van der Waals surface area contributed by atoms with Crippen molar-refractivity contribution in [2.24, 2.45) is 5.10 Å². The first kappa shape index (κ1) is 22.8. The number of hydrazone groups is 1. The lowest BCUT2D eigenvalue weighted by Crippen LogP contribution is -2.37. The second kappa shape index (κ2) is 10.9. The zero-order valence-corrected chi connectivity index (χ0v) is 17.8. The van der Waals surface area contributed by atoms with E-state index in [0.717, 1.165) is 25.7 Å². The van der Waals surface area contributed by atoms with Gasteiger partial charge in [0, 0.05) is 11.6 Å².